The van der Waals surface area contributed by atoms with Gasteiger partial charge in [0, 0.05) is 25.9 Å². The van der Waals surface area contributed by atoms with Crippen LogP contribution in [0.3, 0.4) is 0 Å². The van der Waals surface area contributed by atoms with Crippen molar-refractivity contribution >= 4 is 0 Å². The monoisotopic (exact) mass is 329 g/mol. The molecule has 0 amide bonds. The van der Waals surface area contributed by atoms with E-state index >= 15 is 0 Å². The standard InChI is InChI=1S/C21H31NO2/c1-17-6-5-13-22(14-17)15-20-16-23-21(24-20)11-9-19(10-12-21)18-7-3-2-4-8-18/h2-4,7-8,17,19-20H,5-6,9-16H2,1H3. The molecule has 2 unspecified atom stereocenters. The molecule has 1 aromatic rings. The quantitative estimate of drug-likeness (QED) is 0.830. The molecule has 1 aromatic carbocycles. The van der Waals surface area contributed by atoms with Crippen LogP contribution in [0.4, 0.5) is 0 Å². The number of likely N-dealkylation sites (tertiary alicyclic amines) is 1. The van der Waals surface area contributed by atoms with Gasteiger partial charge < -0.3 is 14.4 Å². The van der Waals surface area contributed by atoms with Crippen LogP contribution in [-0.2, 0) is 9.47 Å². The first-order valence-corrected chi connectivity index (χ1v) is 9.81. The van der Waals surface area contributed by atoms with Crippen LogP contribution in [0.25, 0.3) is 0 Å². The summed E-state index contributed by atoms with van der Waals surface area (Å²) in [5.74, 6) is 1.22. The van der Waals surface area contributed by atoms with E-state index in [-0.39, 0.29) is 11.9 Å². The fraction of sp³-hybridized carbons (Fsp3) is 0.714. The highest BCUT2D eigenvalue weighted by Gasteiger charge is 2.44. The SMILES string of the molecule is CC1CCCN(CC2COC3(CCC(c4ccccc4)CC3)O2)C1. The van der Waals surface area contributed by atoms with Gasteiger partial charge in [-0.3, -0.25) is 0 Å². The summed E-state index contributed by atoms with van der Waals surface area (Å²) in [6.07, 6.45) is 7.42. The molecule has 1 saturated carbocycles. The van der Waals surface area contributed by atoms with Gasteiger partial charge in [-0.25, -0.2) is 0 Å². The fourth-order valence-corrected chi connectivity index (χ4v) is 4.83. The number of ether oxygens (including phenoxy) is 2. The Morgan fingerprint density at radius 1 is 1.12 bits per heavy atom. The average Bonchev–Trinajstić information content (AvgIpc) is 2.99. The predicted octanol–water partition coefficient (Wildman–Crippen LogP) is 4.19. The number of benzene rings is 1. The molecule has 24 heavy (non-hydrogen) atoms. The Morgan fingerprint density at radius 3 is 2.67 bits per heavy atom. The van der Waals surface area contributed by atoms with Gasteiger partial charge in [0.25, 0.3) is 0 Å². The lowest BCUT2D eigenvalue weighted by molar-refractivity contribution is -0.190. The zero-order valence-electron chi connectivity index (χ0n) is 15.0. The van der Waals surface area contributed by atoms with E-state index in [0.29, 0.717) is 5.92 Å². The van der Waals surface area contributed by atoms with Gasteiger partial charge in [-0.1, -0.05) is 37.3 Å². The van der Waals surface area contributed by atoms with Crippen molar-refractivity contribution in [2.45, 2.75) is 63.3 Å². The maximum absolute atomic E-state index is 6.45. The molecule has 2 aliphatic heterocycles. The van der Waals surface area contributed by atoms with Crippen LogP contribution in [0, 0.1) is 5.92 Å². The third-order valence-corrected chi connectivity index (χ3v) is 6.14. The van der Waals surface area contributed by atoms with Crippen LogP contribution in [0.5, 0.6) is 0 Å². The van der Waals surface area contributed by atoms with Gasteiger partial charge in [0.2, 0.25) is 0 Å². The van der Waals surface area contributed by atoms with Crippen molar-refractivity contribution in [1.82, 2.24) is 4.90 Å². The smallest absolute Gasteiger partial charge is 0.169 e. The van der Waals surface area contributed by atoms with E-state index in [0.717, 1.165) is 31.9 Å². The molecule has 3 aliphatic rings. The van der Waals surface area contributed by atoms with Crippen molar-refractivity contribution in [1.29, 1.82) is 0 Å². The lowest BCUT2D eigenvalue weighted by Crippen LogP contribution is -2.41. The summed E-state index contributed by atoms with van der Waals surface area (Å²) in [6, 6.07) is 10.9. The van der Waals surface area contributed by atoms with E-state index < -0.39 is 0 Å². The Hall–Kier alpha value is -0.900. The second-order valence-corrected chi connectivity index (χ2v) is 8.15. The minimum Gasteiger partial charge on any atom is -0.347 e. The minimum atomic E-state index is -0.280. The Balaban J connectivity index is 1.29. The maximum atomic E-state index is 6.45. The maximum Gasteiger partial charge on any atom is 0.169 e. The number of piperidine rings is 1. The molecule has 2 saturated heterocycles. The molecule has 132 valence electrons. The van der Waals surface area contributed by atoms with Crippen molar-refractivity contribution in [2.75, 3.05) is 26.2 Å². The van der Waals surface area contributed by atoms with Gasteiger partial charge in [-0.2, -0.15) is 0 Å². The van der Waals surface area contributed by atoms with E-state index in [2.05, 4.69) is 42.2 Å². The highest BCUT2D eigenvalue weighted by Crippen LogP contribution is 2.43. The summed E-state index contributed by atoms with van der Waals surface area (Å²) in [6.45, 7) is 6.65. The lowest BCUT2D eigenvalue weighted by Gasteiger charge is -2.37. The van der Waals surface area contributed by atoms with Gasteiger partial charge in [-0.05, 0) is 49.6 Å². The minimum absolute atomic E-state index is 0.267. The van der Waals surface area contributed by atoms with Gasteiger partial charge in [0.15, 0.2) is 5.79 Å². The van der Waals surface area contributed by atoms with E-state index in [4.69, 9.17) is 9.47 Å². The Bertz CT molecular complexity index is 524. The summed E-state index contributed by atoms with van der Waals surface area (Å²) in [5.41, 5.74) is 1.48. The van der Waals surface area contributed by atoms with Crippen LogP contribution in [0.2, 0.25) is 0 Å². The van der Waals surface area contributed by atoms with Crippen LogP contribution in [0.15, 0.2) is 30.3 Å². The number of hydrogen-bond acceptors (Lipinski definition) is 3. The number of rotatable bonds is 3. The molecule has 1 aliphatic carbocycles. The molecule has 1 spiro atoms. The molecule has 3 heteroatoms. The molecule has 3 nitrogen and oxygen atoms in total. The van der Waals surface area contributed by atoms with Crippen LogP contribution in [0.1, 0.15) is 56.9 Å². The number of hydrogen-bond donors (Lipinski definition) is 0. The van der Waals surface area contributed by atoms with E-state index in [1.165, 1.54) is 44.3 Å². The summed E-state index contributed by atoms with van der Waals surface area (Å²) < 4.78 is 12.6. The second kappa shape index (κ2) is 7.15. The zero-order chi connectivity index (χ0) is 16.4. The molecule has 0 aromatic heterocycles. The van der Waals surface area contributed by atoms with E-state index in [1.54, 1.807) is 0 Å². The van der Waals surface area contributed by atoms with Crippen molar-refractivity contribution in [2.24, 2.45) is 5.92 Å². The van der Waals surface area contributed by atoms with Gasteiger partial charge in [0.1, 0.15) is 0 Å². The molecule has 0 N–H and O–H groups in total. The molecule has 0 radical (unpaired) electrons. The van der Waals surface area contributed by atoms with Crippen molar-refractivity contribution in [3.05, 3.63) is 35.9 Å². The summed E-state index contributed by atoms with van der Waals surface area (Å²) in [7, 11) is 0. The van der Waals surface area contributed by atoms with Crippen molar-refractivity contribution < 1.29 is 9.47 Å². The third kappa shape index (κ3) is 3.68. The molecule has 2 atom stereocenters. The van der Waals surface area contributed by atoms with E-state index in [9.17, 15) is 0 Å². The average molecular weight is 329 g/mol. The first-order valence-electron chi connectivity index (χ1n) is 9.81. The van der Waals surface area contributed by atoms with Crippen molar-refractivity contribution in [3.63, 3.8) is 0 Å². The van der Waals surface area contributed by atoms with Crippen LogP contribution >= 0.6 is 0 Å². The van der Waals surface area contributed by atoms with E-state index in [1.807, 2.05) is 0 Å². The molecular weight excluding hydrogens is 298 g/mol. The zero-order valence-corrected chi connectivity index (χ0v) is 15.0. The summed E-state index contributed by atoms with van der Waals surface area (Å²) in [5, 5.41) is 0. The highest BCUT2D eigenvalue weighted by atomic mass is 16.7. The summed E-state index contributed by atoms with van der Waals surface area (Å²) in [4.78, 5) is 2.58. The van der Waals surface area contributed by atoms with Crippen molar-refractivity contribution in [3.8, 4) is 0 Å². The highest BCUT2D eigenvalue weighted by molar-refractivity contribution is 5.20. The first-order chi connectivity index (χ1) is 11.7. The third-order valence-electron chi connectivity index (χ3n) is 6.14. The Labute approximate surface area is 146 Å². The van der Waals surface area contributed by atoms with Gasteiger partial charge >= 0.3 is 0 Å². The molecule has 0 bridgehead atoms. The lowest BCUT2D eigenvalue weighted by atomic mass is 9.81. The number of nitrogens with zero attached hydrogens (tertiary/aromatic N) is 1. The van der Waals surface area contributed by atoms with Crippen LogP contribution in [-0.4, -0.2) is 43.0 Å². The topological polar surface area (TPSA) is 21.7 Å². The predicted molar refractivity (Wildman–Crippen MR) is 96.0 cm³/mol. The Kier molecular flexibility index (Phi) is 4.93. The molecule has 2 heterocycles. The second-order valence-electron chi connectivity index (χ2n) is 8.15. The normalized spacial score (nSPS) is 37.8. The first kappa shape index (κ1) is 16.6. The van der Waals surface area contributed by atoms with Crippen LogP contribution < -0.4 is 0 Å². The molecular formula is C21H31NO2. The largest absolute Gasteiger partial charge is 0.347 e. The van der Waals surface area contributed by atoms with Gasteiger partial charge in [0.05, 0.1) is 12.7 Å². The molecule has 3 fully saturated rings. The Morgan fingerprint density at radius 2 is 1.92 bits per heavy atom. The summed E-state index contributed by atoms with van der Waals surface area (Å²) >= 11 is 0. The van der Waals surface area contributed by atoms with Gasteiger partial charge in [-0.15, -0.1) is 0 Å². The fourth-order valence-electron chi connectivity index (χ4n) is 4.83. The molecule has 4 rings (SSSR count).